The van der Waals surface area contributed by atoms with Gasteiger partial charge < -0.3 is 0 Å². The van der Waals surface area contributed by atoms with Crippen molar-refractivity contribution in [2.24, 2.45) is 0 Å². The summed E-state index contributed by atoms with van der Waals surface area (Å²) in [4.78, 5) is 3.97. The maximum atomic E-state index is 8.99. The molecule has 0 fully saturated rings. The van der Waals surface area contributed by atoms with Gasteiger partial charge in [0.15, 0.2) is 0 Å². The van der Waals surface area contributed by atoms with Crippen LogP contribution in [0.1, 0.15) is 5.69 Å². The number of hydrogen-bond acceptors (Lipinski definition) is 2. The first kappa shape index (κ1) is 12.2. The third kappa shape index (κ3) is 2.37. The predicted octanol–water partition coefficient (Wildman–Crippen LogP) is 4.58. The Morgan fingerprint density at radius 3 is 2.35 bits per heavy atom. The van der Waals surface area contributed by atoms with E-state index in [1.165, 1.54) is 0 Å². The number of rotatable bonds is 1. The summed E-state index contributed by atoms with van der Waals surface area (Å²) in [5.74, 6) is 0. The van der Waals surface area contributed by atoms with Crippen molar-refractivity contribution in [1.29, 1.82) is 5.26 Å². The van der Waals surface area contributed by atoms with E-state index in [1.807, 2.05) is 6.07 Å². The SMILES string of the molecule is N#Cc1ncccc1-c1c(Cl)cc(Cl)cc1Cl. The second-order valence-corrected chi connectivity index (χ2v) is 4.51. The van der Waals surface area contributed by atoms with Gasteiger partial charge in [-0.15, -0.1) is 0 Å². The molecule has 2 rings (SSSR count). The van der Waals surface area contributed by atoms with Crippen LogP contribution in [0, 0.1) is 11.3 Å². The highest BCUT2D eigenvalue weighted by molar-refractivity contribution is 6.41. The van der Waals surface area contributed by atoms with Crippen molar-refractivity contribution in [3.05, 3.63) is 51.2 Å². The van der Waals surface area contributed by atoms with Crippen LogP contribution in [-0.4, -0.2) is 4.98 Å². The van der Waals surface area contributed by atoms with Gasteiger partial charge in [0.05, 0.1) is 10.0 Å². The number of hydrogen-bond donors (Lipinski definition) is 0. The van der Waals surface area contributed by atoms with Crippen LogP contribution in [-0.2, 0) is 0 Å². The fourth-order valence-electron chi connectivity index (χ4n) is 1.50. The molecule has 0 saturated heterocycles. The minimum Gasteiger partial charge on any atom is -0.245 e. The van der Waals surface area contributed by atoms with Crippen LogP contribution in [0.4, 0.5) is 0 Å². The molecule has 0 unspecified atom stereocenters. The Hall–Kier alpha value is -1.27. The second kappa shape index (κ2) is 4.93. The standard InChI is InChI=1S/C12H5Cl3N2/c13-7-4-9(14)12(10(15)5-7)8-2-1-3-17-11(8)6-16/h1-5H. The highest BCUT2D eigenvalue weighted by Gasteiger charge is 2.14. The molecule has 0 atom stereocenters. The number of nitriles is 1. The molecule has 0 aliphatic carbocycles. The van der Waals surface area contributed by atoms with Crippen LogP contribution >= 0.6 is 34.8 Å². The number of aromatic nitrogens is 1. The maximum absolute atomic E-state index is 8.99. The predicted molar refractivity (Wildman–Crippen MR) is 69.4 cm³/mol. The number of benzene rings is 1. The lowest BCUT2D eigenvalue weighted by atomic mass is 10.0. The van der Waals surface area contributed by atoms with Crippen LogP contribution in [0.25, 0.3) is 11.1 Å². The second-order valence-electron chi connectivity index (χ2n) is 3.26. The molecule has 0 bridgehead atoms. The van der Waals surface area contributed by atoms with E-state index in [1.54, 1.807) is 30.5 Å². The smallest absolute Gasteiger partial charge is 0.148 e. The van der Waals surface area contributed by atoms with Crippen molar-refractivity contribution in [2.75, 3.05) is 0 Å². The summed E-state index contributed by atoms with van der Waals surface area (Å²) in [6, 6.07) is 8.63. The molecule has 1 heterocycles. The summed E-state index contributed by atoms with van der Waals surface area (Å²) in [5.41, 5.74) is 1.45. The van der Waals surface area contributed by atoms with Crippen molar-refractivity contribution in [3.8, 4) is 17.2 Å². The van der Waals surface area contributed by atoms with Crippen molar-refractivity contribution >= 4 is 34.8 Å². The average molecular weight is 284 g/mol. The molecule has 5 heteroatoms. The molecular formula is C12H5Cl3N2. The van der Waals surface area contributed by atoms with Crippen molar-refractivity contribution in [1.82, 2.24) is 4.98 Å². The van der Waals surface area contributed by atoms with E-state index in [2.05, 4.69) is 4.98 Å². The van der Waals surface area contributed by atoms with Crippen molar-refractivity contribution < 1.29 is 0 Å². The molecule has 2 nitrogen and oxygen atoms in total. The maximum Gasteiger partial charge on any atom is 0.148 e. The lowest BCUT2D eigenvalue weighted by Crippen LogP contribution is -1.90. The molecule has 1 aromatic carbocycles. The zero-order valence-corrected chi connectivity index (χ0v) is 10.7. The van der Waals surface area contributed by atoms with Crippen LogP contribution < -0.4 is 0 Å². The van der Waals surface area contributed by atoms with Gasteiger partial charge in [0.1, 0.15) is 11.8 Å². The van der Waals surface area contributed by atoms with Crippen LogP contribution in [0.3, 0.4) is 0 Å². The molecular weight excluding hydrogens is 279 g/mol. The Kier molecular flexibility index (Phi) is 3.54. The first-order valence-corrected chi connectivity index (χ1v) is 5.77. The van der Waals surface area contributed by atoms with Gasteiger partial charge in [-0.2, -0.15) is 5.26 Å². The number of halogens is 3. The molecule has 17 heavy (non-hydrogen) atoms. The van der Waals surface area contributed by atoms with Gasteiger partial charge in [0.25, 0.3) is 0 Å². The molecule has 0 amide bonds. The Labute approximate surface area is 113 Å². The largest absolute Gasteiger partial charge is 0.245 e. The summed E-state index contributed by atoms with van der Waals surface area (Å²) in [5, 5.41) is 10.2. The van der Waals surface area contributed by atoms with Gasteiger partial charge in [0.2, 0.25) is 0 Å². The molecule has 84 valence electrons. The third-order valence-electron chi connectivity index (χ3n) is 2.19. The van der Waals surface area contributed by atoms with E-state index < -0.39 is 0 Å². The first-order chi connectivity index (χ1) is 8.13. The molecule has 0 N–H and O–H groups in total. The fourth-order valence-corrected chi connectivity index (χ4v) is 2.52. The van der Waals surface area contributed by atoms with Gasteiger partial charge in [-0.3, -0.25) is 0 Å². The van der Waals surface area contributed by atoms with E-state index >= 15 is 0 Å². The van der Waals surface area contributed by atoms with Crippen LogP contribution in [0.15, 0.2) is 30.5 Å². The van der Waals surface area contributed by atoms with Crippen LogP contribution in [0.2, 0.25) is 15.1 Å². The van der Waals surface area contributed by atoms with E-state index in [4.69, 9.17) is 40.1 Å². The Bertz CT molecular complexity index is 594. The summed E-state index contributed by atoms with van der Waals surface area (Å²) in [7, 11) is 0. The molecule has 0 aliphatic rings. The van der Waals surface area contributed by atoms with E-state index in [-0.39, 0.29) is 5.69 Å². The van der Waals surface area contributed by atoms with Crippen molar-refractivity contribution in [2.45, 2.75) is 0 Å². The average Bonchev–Trinajstić information content (AvgIpc) is 2.28. The third-order valence-corrected chi connectivity index (χ3v) is 3.00. The highest BCUT2D eigenvalue weighted by atomic mass is 35.5. The topological polar surface area (TPSA) is 36.7 Å². The zero-order valence-electron chi connectivity index (χ0n) is 8.42. The number of pyridine rings is 1. The monoisotopic (exact) mass is 282 g/mol. The summed E-state index contributed by atoms with van der Waals surface area (Å²) < 4.78 is 0. The summed E-state index contributed by atoms with van der Waals surface area (Å²) in [6.07, 6.45) is 1.54. The van der Waals surface area contributed by atoms with Gasteiger partial charge in [-0.1, -0.05) is 34.8 Å². The Balaban J connectivity index is 2.74. The minimum atomic E-state index is 0.277. The van der Waals surface area contributed by atoms with Gasteiger partial charge in [-0.25, -0.2) is 4.98 Å². The van der Waals surface area contributed by atoms with Crippen LogP contribution in [0.5, 0.6) is 0 Å². The zero-order chi connectivity index (χ0) is 12.4. The minimum absolute atomic E-state index is 0.277. The van der Waals surface area contributed by atoms with Gasteiger partial charge in [0, 0.05) is 22.3 Å². The van der Waals surface area contributed by atoms with E-state index in [9.17, 15) is 0 Å². The van der Waals surface area contributed by atoms with Crippen molar-refractivity contribution in [3.63, 3.8) is 0 Å². The van der Waals surface area contributed by atoms with Gasteiger partial charge >= 0.3 is 0 Å². The quantitative estimate of drug-likeness (QED) is 0.768. The molecule has 0 spiro atoms. The number of nitrogens with zero attached hydrogens (tertiary/aromatic N) is 2. The molecule has 0 radical (unpaired) electrons. The Morgan fingerprint density at radius 1 is 1.12 bits per heavy atom. The van der Waals surface area contributed by atoms with Gasteiger partial charge in [-0.05, 0) is 24.3 Å². The fraction of sp³-hybridized carbons (Fsp3) is 0. The first-order valence-electron chi connectivity index (χ1n) is 4.63. The molecule has 2 aromatic rings. The molecule has 0 saturated carbocycles. The van der Waals surface area contributed by atoms with E-state index in [0.29, 0.717) is 26.2 Å². The summed E-state index contributed by atoms with van der Waals surface area (Å²) in [6.45, 7) is 0. The lowest BCUT2D eigenvalue weighted by molar-refractivity contribution is 1.26. The highest BCUT2D eigenvalue weighted by Crippen LogP contribution is 2.37. The summed E-state index contributed by atoms with van der Waals surface area (Å²) >= 11 is 18.0. The Morgan fingerprint density at radius 2 is 1.76 bits per heavy atom. The molecule has 0 aliphatic heterocycles. The lowest BCUT2D eigenvalue weighted by Gasteiger charge is -2.08. The normalized spacial score (nSPS) is 10.0. The van der Waals surface area contributed by atoms with E-state index in [0.717, 1.165) is 0 Å². The molecule has 1 aromatic heterocycles.